The van der Waals surface area contributed by atoms with Gasteiger partial charge in [-0.05, 0) is 37.1 Å². The number of aryl methyl sites for hydroxylation is 1. The van der Waals surface area contributed by atoms with Crippen LogP contribution in [0.4, 0.5) is 14.6 Å². The lowest BCUT2D eigenvalue weighted by Gasteiger charge is -2.09. The lowest BCUT2D eigenvalue weighted by atomic mass is 10.1. The van der Waals surface area contributed by atoms with Crippen molar-refractivity contribution in [1.29, 1.82) is 0 Å². The van der Waals surface area contributed by atoms with Crippen LogP contribution >= 0.6 is 11.6 Å². The Kier molecular flexibility index (Phi) is 4.12. The Morgan fingerprint density at radius 1 is 1.26 bits per heavy atom. The summed E-state index contributed by atoms with van der Waals surface area (Å²) >= 11 is 5.93. The largest absolute Gasteiger partial charge is 0.368 e. The Balaban J connectivity index is 2.10. The summed E-state index contributed by atoms with van der Waals surface area (Å²) in [7, 11) is 0. The highest BCUT2D eigenvalue weighted by atomic mass is 35.5. The van der Waals surface area contributed by atoms with Gasteiger partial charge in [0, 0.05) is 12.1 Å². The van der Waals surface area contributed by atoms with E-state index in [-0.39, 0.29) is 17.4 Å². The van der Waals surface area contributed by atoms with Gasteiger partial charge in [0.1, 0.15) is 11.6 Å². The van der Waals surface area contributed by atoms with Crippen LogP contribution in [-0.2, 0) is 6.54 Å². The number of imidazole rings is 1. The third-order valence-electron chi connectivity index (χ3n) is 3.49. The first-order chi connectivity index (χ1) is 11.0. The molecule has 0 unspecified atom stereocenters. The molecule has 23 heavy (non-hydrogen) atoms. The second-order valence-corrected chi connectivity index (χ2v) is 5.41. The number of hydrogen-bond acceptors (Lipinski definition) is 4. The molecule has 0 aliphatic carbocycles. The van der Waals surface area contributed by atoms with E-state index in [2.05, 4.69) is 20.3 Å². The van der Waals surface area contributed by atoms with Crippen molar-refractivity contribution in [2.45, 2.75) is 20.4 Å². The molecule has 0 radical (unpaired) electrons. The predicted molar refractivity (Wildman–Crippen MR) is 84.7 cm³/mol. The molecule has 0 saturated heterocycles. The highest BCUT2D eigenvalue weighted by Crippen LogP contribution is 2.23. The molecule has 2 heterocycles. The van der Waals surface area contributed by atoms with E-state index in [1.54, 1.807) is 11.5 Å². The number of hydrogen-bond donors (Lipinski definition) is 1. The second-order valence-electron chi connectivity index (χ2n) is 5.07. The Morgan fingerprint density at radius 3 is 2.78 bits per heavy atom. The van der Waals surface area contributed by atoms with Crippen LogP contribution in [-0.4, -0.2) is 26.1 Å². The van der Waals surface area contributed by atoms with Crippen molar-refractivity contribution in [3.63, 3.8) is 0 Å². The molecule has 0 spiro atoms. The van der Waals surface area contributed by atoms with E-state index >= 15 is 0 Å². The molecule has 0 bridgehead atoms. The quantitative estimate of drug-likeness (QED) is 0.740. The van der Waals surface area contributed by atoms with Gasteiger partial charge in [0.2, 0.25) is 5.28 Å². The molecule has 0 amide bonds. The first-order valence-corrected chi connectivity index (χ1v) is 7.44. The van der Waals surface area contributed by atoms with Crippen molar-refractivity contribution in [3.8, 4) is 0 Å². The average molecular weight is 338 g/mol. The second kappa shape index (κ2) is 6.08. The number of halogens is 3. The SMILES string of the molecule is CCNc1nc(Cl)nc2c1ncn2Cc1c(F)ccc(C)c1F. The van der Waals surface area contributed by atoms with Gasteiger partial charge in [-0.2, -0.15) is 9.97 Å². The number of rotatable bonds is 4. The van der Waals surface area contributed by atoms with Gasteiger partial charge in [0.05, 0.1) is 12.9 Å². The lowest BCUT2D eigenvalue weighted by molar-refractivity contribution is 0.541. The number of aromatic nitrogens is 4. The van der Waals surface area contributed by atoms with Gasteiger partial charge in [-0.25, -0.2) is 13.8 Å². The summed E-state index contributed by atoms with van der Waals surface area (Å²) in [5.41, 5.74) is 1.27. The summed E-state index contributed by atoms with van der Waals surface area (Å²) < 4.78 is 29.7. The van der Waals surface area contributed by atoms with E-state index in [4.69, 9.17) is 11.6 Å². The molecule has 0 atom stereocenters. The van der Waals surface area contributed by atoms with Crippen LogP contribution in [0, 0.1) is 18.6 Å². The molecule has 1 N–H and O–H groups in total. The van der Waals surface area contributed by atoms with Gasteiger partial charge in [-0.15, -0.1) is 0 Å². The van der Waals surface area contributed by atoms with Gasteiger partial charge in [-0.1, -0.05) is 6.07 Å². The Bertz CT molecular complexity index is 878. The molecule has 3 aromatic rings. The standard InChI is InChI=1S/C15H14ClF2N5/c1-3-19-13-12-14(22-15(16)21-13)23(7-20-12)6-9-10(17)5-4-8(2)11(9)18/h4-5,7H,3,6H2,1-2H3,(H,19,21,22). The molecule has 120 valence electrons. The van der Waals surface area contributed by atoms with Crippen LogP contribution in [0.5, 0.6) is 0 Å². The smallest absolute Gasteiger partial charge is 0.226 e. The Labute approximate surface area is 136 Å². The average Bonchev–Trinajstić information content (AvgIpc) is 2.91. The topological polar surface area (TPSA) is 55.6 Å². The molecule has 0 saturated carbocycles. The number of benzene rings is 1. The zero-order valence-electron chi connectivity index (χ0n) is 12.6. The zero-order valence-corrected chi connectivity index (χ0v) is 13.3. The van der Waals surface area contributed by atoms with Crippen molar-refractivity contribution in [2.75, 3.05) is 11.9 Å². The van der Waals surface area contributed by atoms with Gasteiger partial charge in [0.25, 0.3) is 0 Å². The van der Waals surface area contributed by atoms with E-state index in [0.29, 0.717) is 29.1 Å². The summed E-state index contributed by atoms with van der Waals surface area (Å²) in [6, 6.07) is 2.65. The Morgan fingerprint density at radius 2 is 2.04 bits per heavy atom. The number of anilines is 1. The predicted octanol–water partition coefficient (Wildman–Crippen LogP) is 3.55. The molecule has 5 nitrogen and oxygen atoms in total. The van der Waals surface area contributed by atoms with Crippen LogP contribution in [0.3, 0.4) is 0 Å². The summed E-state index contributed by atoms with van der Waals surface area (Å²) in [4.78, 5) is 12.4. The summed E-state index contributed by atoms with van der Waals surface area (Å²) in [6.07, 6.45) is 1.47. The minimum absolute atomic E-state index is 0.0330. The van der Waals surface area contributed by atoms with Gasteiger partial charge < -0.3 is 9.88 Å². The highest BCUT2D eigenvalue weighted by Gasteiger charge is 2.16. The van der Waals surface area contributed by atoms with E-state index < -0.39 is 11.6 Å². The van der Waals surface area contributed by atoms with Crippen LogP contribution in [0.15, 0.2) is 18.5 Å². The molecule has 2 aromatic heterocycles. The molecule has 0 aliphatic heterocycles. The van der Waals surface area contributed by atoms with Crippen LogP contribution < -0.4 is 5.32 Å². The van der Waals surface area contributed by atoms with Crippen molar-refractivity contribution in [2.24, 2.45) is 0 Å². The monoisotopic (exact) mass is 337 g/mol. The molecular formula is C15H14ClF2N5. The normalized spacial score (nSPS) is 11.2. The molecule has 8 heteroatoms. The Hall–Kier alpha value is -2.28. The lowest BCUT2D eigenvalue weighted by Crippen LogP contribution is -2.07. The fourth-order valence-corrected chi connectivity index (χ4v) is 2.52. The summed E-state index contributed by atoms with van der Waals surface area (Å²) in [5.74, 6) is -0.688. The highest BCUT2D eigenvalue weighted by molar-refractivity contribution is 6.28. The maximum Gasteiger partial charge on any atom is 0.226 e. The van der Waals surface area contributed by atoms with Crippen molar-refractivity contribution >= 4 is 28.6 Å². The molecule has 0 aliphatic rings. The number of nitrogens with one attached hydrogen (secondary N) is 1. The van der Waals surface area contributed by atoms with E-state index in [9.17, 15) is 8.78 Å². The van der Waals surface area contributed by atoms with Crippen molar-refractivity contribution in [3.05, 3.63) is 46.5 Å². The summed E-state index contributed by atoms with van der Waals surface area (Å²) in [5, 5.41) is 3.08. The number of nitrogens with zero attached hydrogens (tertiary/aromatic N) is 4. The van der Waals surface area contributed by atoms with E-state index in [0.717, 1.165) is 0 Å². The summed E-state index contributed by atoms with van der Waals surface area (Å²) in [6.45, 7) is 4.11. The van der Waals surface area contributed by atoms with E-state index in [1.165, 1.54) is 18.5 Å². The van der Waals surface area contributed by atoms with Crippen molar-refractivity contribution < 1.29 is 8.78 Å². The maximum atomic E-state index is 14.2. The maximum absolute atomic E-state index is 14.2. The minimum atomic E-state index is -0.609. The fourth-order valence-electron chi connectivity index (χ4n) is 2.35. The minimum Gasteiger partial charge on any atom is -0.368 e. The van der Waals surface area contributed by atoms with Gasteiger partial charge >= 0.3 is 0 Å². The third kappa shape index (κ3) is 2.84. The van der Waals surface area contributed by atoms with Crippen LogP contribution in [0.2, 0.25) is 5.28 Å². The van der Waals surface area contributed by atoms with Crippen LogP contribution in [0.25, 0.3) is 11.2 Å². The molecule has 3 rings (SSSR count). The van der Waals surface area contributed by atoms with Crippen LogP contribution in [0.1, 0.15) is 18.1 Å². The zero-order chi connectivity index (χ0) is 16.6. The third-order valence-corrected chi connectivity index (χ3v) is 3.66. The van der Waals surface area contributed by atoms with Gasteiger partial charge in [0.15, 0.2) is 17.0 Å². The van der Waals surface area contributed by atoms with Gasteiger partial charge in [-0.3, -0.25) is 0 Å². The first kappa shape index (κ1) is 15.6. The first-order valence-electron chi connectivity index (χ1n) is 7.07. The molecule has 0 fully saturated rings. The van der Waals surface area contributed by atoms with E-state index in [1.807, 2.05) is 6.92 Å². The fraction of sp³-hybridized carbons (Fsp3) is 0.267. The molecule has 1 aromatic carbocycles. The molecular weight excluding hydrogens is 324 g/mol. The van der Waals surface area contributed by atoms with Crippen molar-refractivity contribution in [1.82, 2.24) is 19.5 Å². The number of fused-ring (bicyclic) bond motifs is 1.